The van der Waals surface area contributed by atoms with Gasteiger partial charge in [0.1, 0.15) is 0 Å². The van der Waals surface area contributed by atoms with E-state index in [2.05, 4.69) is 53.4 Å². The molecule has 2 aliphatic rings. The fourth-order valence-corrected chi connectivity index (χ4v) is 4.66. The number of morpholine rings is 1. The molecule has 176 valence electrons. The second kappa shape index (κ2) is 11.9. The molecule has 2 fully saturated rings. The van der Waals surface area contributed by atoms with Gasteiger partial charge in [0.15, 0.2) is 5.96 Å². The van der Waals surface area contributed by atoms with E-state index in [-0.39, 0.29) is 29.9 Å². The van der Waals surface area contributed by atoms with Crippen molar-refractivity contribution in [2.75, 3.05) is 52.5 Å². The zero-order valence-electron chi connectivity index (χ0n) is 19.2. The summed E-state index contributed by atoms with van der Waals surface area (Å²) < 4.78 is 5.38. The number of hydrogen-bond acceptors (Lipinski definition) is 3. The predicted molar refractivity (Wildman–Crippen MR) is 140 cm³/mol. The van der Waals surface area contributed by atoms with E-state index < -0.39 is 0 Å². The molecule has 0 unspecified atom stereocenters. The number of carbonyl (C=O) groups excluding carboxylic acids is 1. The predicted octanol–water partition coefficient (Wildman–Crippen LogP) is 3.17. The van der Waals surface area contributed by atoms with Crippen LogP contribution in [0.5, 0.6) is 0 Å². The number of aliphatic imine (C=N–C) groups is 1. The highest BCUT2D eigenvalue weighted by atomic mass is 127. The molecule has 0 spiro atoms. The molecule has 32 heavy (non-hydrogen) atoms. The Morgan fingerprint density at radius 2 is 1.94 bits per heavy atom. The average Bonchev–Trinajstić information content (AvgIpc) is 3.23. The fourth-order valence-electron chi connectivity index (χ4n) is 4.66. The Bertz CT molecular complexity index is 914. The SMILES string of the molecule is CCNC(=NCCc1c[nH]c2c(C)cccc12)N1CCC(C(=O)N2CCOCC2)CC1.I. The third-order valence-corrected chi connectivity index (χ3v) is 6.45. The molecule has 2 aliphatic heterocycles. The third kappa shape index (κ3) is 5.75. The highest BCUT2D eigenvalue weighted by Gasteiger charge is 2.30. The summed E-state index contributed by atoms with van der Waals surface area (Å²) in [4.78, 5) is 25.4. The number of amides is 1. The lowest BCUT2D eigenvalue weighted by molar-refractivity contribution is -0.140. The Kier molecular flexibility index (Phi) is 9.22. The molecule has 2 N–H and O–H groups in total. The van der Waals surface area contributed by atoms with Crippen LogP contribution in [0.2, 0.25) is 0 Å². The standard InChI is InChI=1S/C24H35N5O2.HI/c1-3-25-24(26-10-7-20-17-27-22-18(2)5-4-6-21(20)22)29-11-8-19(9-12-29)23(30)28-13-15-31-16-14-28;/h4-6,17,19,27H,3,7-16H2,1-2H3,(H,25,26);1H. The van der Waals surface area contributed by atoms with Crippen molar-refractivity contribution in [3.63, 3.8) is 0 Å². The van der Waals surface area contributed by atoms with Gasteiger partial charge in [-0.3, -0.25) is 9.79 Å². The number of rotatable bonds is 5. The van der Waals surface area contributed by atoms with Gasteiger partial charge >= 0.3 is 0 Å². The van der Waals surface area contributed by atoms with Gasteiger partial charge in [0.05, 0.1) is 13.2 Å². The molecule has 1 aromatic carbocycles. The van der Waals surface area contributed by atoms with E-state index in [1.54, 1.807) is 0 Å². The van der Waals surface area contributed by atoms with E-state index in [0.29, 0.717) is 19.1 Å². The largest absolute Gasteiger partial charge is 0.378 e. The second-order valence-electron chi connectivity index (χ2n) is 8.50. The minimum absolute atomic E-state index is 0. The zero-order valence-corrected chi connectivity index (χ0v) is 21.6. The summed E-state index contributed by atoms with van der Waals surface area (Å²) in [5.74, 6) is 1.40. The van der Waals surface area contributed by atoms with E-state index in [0.717, 1.165) is 64.5 Å². The van der Waals surface area contributed by atoms with Crippen molar-refractivity contribution in [2.24, 2.45) is 10.9 Å². The maximum atomic E-state index is 12.8. The minimum Gasteiger partial charge on any atom is -0.378 e. The zero-order chi connectivity index (χ0) is 21.6. The van der Waals surface area contributed by atoms with E-state index in [4.69, 9.17) is 9.73 Å². The molecule has 0 saturated carbocycles. The molecule has 0 aliphatic carbocycles. The number of benzene rings is 1. The van der Waals surface area contributed by atoms with Gasteiger partial charge in [-0.25, -0.2) is 0 Å². The van der Waals surface area contributed by atoms with Crippen LogP contribution in [-0.4, -0.2) is 79.1 Å². The number of H-pyrrole nitrogens is 1. The van der Waals surface area contributed by atoms with E-state index in [1.807, 2.05) is 4.90 Å². The van der Waals surface area contributed by atoms with Crippen LogP contribution >= 0.6 is 24.0 Å². The van der Waals surface area contributed by atoms with Crippen molar-refractivity contribution < 1.29 is 9.53 Å². The molecule has 1 aromatic heterocycles. The number of hydrogen-bond donors (Lipinski definition) is 2. The Labute approximate surface area is 208 Å². The molecule has 1 amide bonds. The van der Waals surface area contributed by atoms with Crippen LogP contribution < -0.4 is 5.32 Å². The van der Waals surface area contributed by atoms with Crippen molar-refractivity contribution in [3.8, 4) is 0 Å². The maximum Gasteiger partial charge on any atom is 0.225 e. The first-order valence-electron chi connectivity index (χ1n) is 11.6. The molecule has 7 nitrogen and oxygen atoms in total. The molecule has 8 heteroatoms. The number of nitrogens with zero attached hydrogens (tertiary/aromatic N) is 3. The lowest BCUT2D eigenvalue weighted by Crippen LogP contribution is -2.50. The third-order valence-electron chi connectivity index (χ3n) is 6.45. The number of piperidine rings is 1. The Morgan fingerprint density at radius 1 is 1.19 bits per heavy atom. The van der Waals surface area contributed by atoms with E-state index in [1.165, 1.54) is 22.0 Å². The Morgan fingerprint density at radius 3 is 2.66 bits per heavy atom. The quantitative estimate of drug-likeness (QED) is 0.339. The lowest BCUT2D eigenvalue weighted by atomic mass is 9.95. The van der Waals surface area contributed by atoms with Crippen molar-refractivity contribution in [1.29, 1.82) is 0 Å². The number of aryl methyl sites for hydroxylation is 1. The summed E-state index contributed by atoms with van der Waals surface area (Å²) in [6.07, 6.45) is 4.80. The van der Waals surface area contributed by atoms with Crippen LogP contribution in [-0.2, 0) is 16.0 Å². The van der Waals surface area contributed by atoms with Gasteiger partial charge in [-0.2, -0.15) is 0 Å². The molecular weight excluding hydrogens is 517 g/mol. The van der Waals surface area contributed by atoms with Crippen LogP contribution in [0.4, 0.5) is 0 Å². The Balaban J connectivity index is 0.00000289. The molecule has 2 saturated heterocycles. The average molecular weight is 553 g/mol. The number of aromatic nitrogens is 1. The first-order valence-corrected chi connectivity index (χ1v) is 11.6. The molecule has 2 aromatic rings. The number of guanidine groups is 1. The first-order chi connectivity index (χ1) is 15.2. The van der Waals surface area contributed by atoms with Crippen molar-refractivity contribution >= 4 is 46.7 Å². The highest BCUT2D eigenvalue weighted by molar-refractivity contribution is 14.0. The number of halogens is 1. The number of aromatic amines is 1. The number of fused-ring (bicyclic) bond motifs is 1. The lowest BCUT2D eigenvalue weighted by Gasteiger charge is -2.36. The van der Waals surface area contributed by atoms with E-state index in [9.17, 15) is 4.79 Å². The van der Waals surface area contributed by atoms with Gasteiger partial charge < -0.3 is 24.8 Å². The smallest absolute Gasteiger partial charge is 0.225 e. The summed E-state index contributed by atoms with van der Waals surface area (Å²) in [5.41, 5.74) is 3.81. The van der Waals surface area contributed by atoms with Gasteiger partial charge in [-0.05, 0) is 44.2 Å². The number of para-hydroxylation sites is 1. The van der Waals surface area contributed by atoms with Crippen molar-refractivity contribution in [1.82, 2.24) is 20.1 Å². The molecule has 4 rings (SSSR count). The minimum atomic E-state index is 0. The number of carbonyl (C=O) groups is 1. The van der Waals surface area contributed by atoms with Crippen LogP contribution in [0.25, 0.3) is 10.9 Å². The van der Waals surface area contributed by atoms with Crippen molar-refractivity contribution in [3.05, 3.63) is 35.5 Å². The maximum absolute atomic E-state index is 12.8. The van der Waals surface area contributed by atoms with Crippen LogP contribution in [0.1, 0.15) is 30.9 Å². The summed E-state index contributed by atoms with van der Waals surface area (Å²) in [6, 6.07) is 6.43. The number of likely N-dealkylation sites (tertiary alicyclic amines) is 1. The van der Waals surface area contributed by atoms with Crippen LogP contribution in [0.3, 0.4) is 0 Å². The molecule has 0 bridgehead atoms. The van der Waals surface area contributed by atoms with Gasteiger partial charge in [0.2, 0.25) is 5.91 Å². The summed E-state index contributed by atoms with van der Waals surface area (Å²) >= 11 is 0. The fraction of sp³-hybridized carbons (Fsp3) is 0.583. The normalized spacial score (nSPS) is 18.0. The molecule has 0 radical (unpaired) electrons. The Hall–Kier alpha value is -1.81. The summed E-state index contributed by atoms with van der Waals surface area (Å²) in [5, 5.41) is 4.74. The topological polar surface area (TPSA) is 73.0 Å². The van der Waals surface area contributed by atoms with Crippen molar-refractivity contribution in [2.45, 2.75) is 33.1 Å². The number of ether oxygens (including phenoxy) is 1. The van der Waals surface area contributed by atoms with Gasteiger partial charge in [0.25, 0.3) is 0 Å². The van der Waals surface area contributed by atoms with Gasteiger partial charge in [0, 0.05) is 62.3 Å². The molecular formula is C24H36IN5O2. The highest BCUT2D eigenvalue weighted by Crippen LogP contribution is 2.22. The summed E-state index contributed by atoms with van der Waals surface area (Å²) in [6.45, 7) is 10.4. The van der Waals surface area contributed by atoms with Crippen LogP contribution in [0, 0.1) is 12.8 Å². The monoisotopic (exact) mass is 553 g/mol. The molecule has 3 heterocycles. The van der Waals surface area contributed by atoms with Gasteiger partial charge in [-0.15, -0.1) is 24.0 Å². The molecule has 0 atom stereocenters. The van der Waals surface area contributed by atoms with E-state index >= 15 is 0 Å². The summed E-state index contributed by atoms with van der Waals surface area (Å²) in [7, 11) is 0. The first kappa shape index (κ1) is 24.8. The van der Waals surface area contributed by atoms with Gasteiger partial charge in [-0.1, -0.05) is 18.2 Å². The van der Waals surface area contributed by atoms with Crippen LogP contribution in [0.15, 0.2) is 29.4 Å². The second-order valence-corrected chi connectivity index (χ2v) is 8.50. The number of nitrogens with one attached hydrogen (secondary N) is 2.